The molecule has 0 N–H and O–H groups in total. The van der Waals surface area contributed by atoms with Crippen LogP contribution in [0.25, 0.3) is 0 Å². The average Bonchev–Trinajstić information content (AvgIpc) is 2.29. The second-order valence-corrected chi connectivity index (χ2v) is 3.28. The van der Waals surface area contributed by atoms with Gasteiger partial charge in [-0.15, -0.1) is 0 Å². The zero-order chi connectivity index (χ0) is 11.5. The Hall–Kier alpha value is -2.01. The maximum Gasteiger partial charge on any atom is 0.276 e. The van der Waals surface area contributed by atoms with E-state index >= 15 is 0 Å². The van der Waals surface area contributed by atoms with Crippen molar-refractivity contribution in [3.63, 3.8) is 0 Å². The molecule has 2 rings (SSSR count). The van der Waals surface area contributed by atoms with Crippen LogP contribution in [0.2, 0.25) is 0 Å². The maximum absolute atomic E-state index is 11.3. The van der Waals surface area contributed by atoms with E-state index in [1.165, 1.54) is 6.92 Å². The van der Waals surface area contributed by atoms with E-state index in [1.54, 1.807) is 24.3 Å². The predicted molar refractivity (Wildman–Crippen MR) is 56.5 cm³/mol. The zero-order valence-electron chi connectivity index (χ0n) is 8.71. The molecular formula is C11H10N2O3. The quantitative estimate of drug-likeness (QED) is 0.699. The molecule has 0 bridgehead atoms. The van der Waals surface area contributed by atoms with Crippen LogP contribution < -0.4 is 0 Å². The minimum atomic E-state index is -0.392. The van der Waals surface area contributed by atoms with Gasteiger partial charge >= 0.3 is 0 Å². The minimum Gasteiger partial charge on any atom is -0.272 e. The lowest BCUT2D eigenvalue weighted by Gasteiger charge is -2.24. The van der Waals surface area contributed by atoms with E-state index in [-0.39, 0.29) is 18.3 Å². The van der Waals surface area contributed by atoms with Gasteiger partial charge in [0.15, 0.2) is 12.4 Å². The van der Waals surface area contributed by atoms with Gasteiger partial charge < -0.3 is 0 Å². The monoisotopic (exact) mass is 218 g/mol. The molecule has 0 radical (unpaired) electrons. The number of hydrogen-bond acceptors (Lipinski definition) is 3. The summed E-state index contributed by atoms with van der Waals surface area (Å²) in [6.45, 7) is 1.16. The first-order chi connectivity index (χ1) is 7.68. The fourth-order valence-corrected chi connectivity index (χ4v) is 1.39. The largest absolute Gasteiger partial charge is 0.276 e. The topological polar surface area (TPSA) is 59.0 Å². The van der Waals surface area contributed by atoms with Gasteiger partial charge in [0.05, 0.1) is 0 Å². The number of nitrogens with zero attached hydrogens (tertiary/aromatic N) is 2. The summed E-state index contributed by atoms with van der Waals surface area (Å²) in [6, 6.07) is 8.96. The summed E-state index contributed by atoms with van der Waals surface area (Å²) < 4.78 is 0. The highest BCUT2D eigenvalue weighted by atomic mass is 16.7. The van der Waals surface area contributed by atoms with Crippen molar-refractivity contribution in [3.05, 3.63) is 35.9 Å². The third-order valence-electron chi connectivity index (χ3n) is 2.06. The molecule has 5 nitrogen and oxygen atoms in total. The van der Waals surface area contributed by atoms with Crippen LogP contribution in [0.1, 0.15) is 12.5 Å². The van der Waals surface area contributed by atoms with Gasteiger partial charge in [-0.1, -0.05) is 30.3 Å². The van der Waals surface area contributed by atoms with Crippen LogP contribution in [0, 0.1) is 0 Å². The van der Waals surface area contributed by atoms with Crippen LogP contribution in [0.5, 0.6) is 0 Å². The number of benzene rings is 1. The first kappa shape index (κ1) is 10.5. The average molecular weight is 218 g/mol. The molecule has 1 aromatic carbocycles. The second kappa shape index (κ2) is 4.24. The molecule has 5 heteroatoms. The zero-order valence-corrected chi connectivity index (χ0v) is 8.71. The van der Waals surface area contributed by atoms with Gasteiger partial charge in [0.1, 0.15) is 0 Å². The number of hydrogen-bond donors (Lipinski definition) is 0. The van der Waals surface area contributed by atoms with Crippen molar-refractivity contribution in [3.8, 4) is 0 Å². The SMILES string of the molecule is CC(=O)N1OCC(=O)N=C1c1ccccc1. The molecule has 0 saturated carbocycles. The van der Waals surface area contributed by atoms with Crippen LogP contribution in [0.3, 0.4) is 0 Å². The Bertz CT molecular complexity index is 454. The summed E-state index contributed by atoms with van der Waals surface area (Å²) in [4.78, 5) is 31.3. The lowest BCUT2D eigenvalue weighted by molar-refractivity contribution is -0.167. The molecule has 0 aliphatic carbocycles. The normalized spacial score (nSPS) is 15.9. The molecule has 0 fully saturated rings. The summed E-state index contributed by atoms with van der Waals surface area (Å²) in [5, 5.41) is 1.04. The molecule has 0 atom stereocenters. The van der Waals surface area contributed by atoms with Crippen molar-refractivity contribution in [2.45, 2.75) is 6.92 Å². The molecular weight excluding hydrogens is 208 g/mol. The highest BCUT2D eigenvalue weighted by Gasteiger charge is 2.25. The lowest BCUT2D eigenvalue weighted by atomic mass is 10.2. The summed E-state index contributed by atoms with van der Waals surface area (Å²) in [5.74, 6) is -0.462. The van der Waals surface area contributed by atoms with Gasteiger partial charge in [0.25, 0.3) is 5.91 Å². The number of carbonyl (C=O) groups is 2. The van der Waals surface area contributed by atoms with Crippen molar-refractivity contribution in [2.24, 2.45) is 4.99 Å². The first-order valence-corrected chi connectivity index (χ1v) is 4.79. The molecule has 1 aliphatic heterocycles. The van der Waals surface area contributed by atoms with Gasteiger partial charge in [-0.05, 0) is 0 Å². The molecule has 2 amide bonds. The van der Waals surface area contributed by atoms with E-state index in [2.05, 4.69) is 4.99 Å². The summed E-state index contributed by atoms with van der Waals surface area (Å²) in [6.07, 6.45) is 0. The predicted octanol–water partition coefficient (Wildman–Crippen LogP) is 0.754. The van der Waals surface area contributed by atoms with Gasteiger partial charge in [0.2, 0.25) is 5.91 Å². The maximum atomic E-state index is 11.3. The fraction of sp³-hybridized carbons (Fsp3) is 0.182. The van der Waals surface area contributed by atoms with Crippen molar-refractivity contribution in [2.75, 3.05) is 6.61 Å². The van der Waals surface area contributed by atoms with E-state index in [4.69, 9.17) is 4.84 Å². The molecule has 1 aliphatic rings. The standard InChI is InChI=1S/C11H10N2O3/c1-8(14)13-11(12-10(15)7-16-13)9-5-3-2-4-6-9/h2-6H,7H2,1H3. The molecule has 0 unspecified atom stereocenters. The van der Waals surface area contributed by atoms with Crippen LogP contribution in [-0.4, -0.2) is 29.3 Å². The van der Waals surface area contributed by atoms with Gasteiger partial charge in [-0.25, -0.2) is 0 Å². The number of carbonyl (C=O) groups excluding carboxylic acids is 2. The van der Waals surface area contributed by atoms with Crippen molar-refractivity contribution < 1.29 is 14.4 Å². The Kier molecular flexibility index (Phi) is 2.78. The Morgan fingerprint density at radius 2 is 2.06 bits per heavy atom. The molecule has 0 aromatic heterocycles. The van der Waals surface area contributed by atoms with Crippen LogP contribution in [0.4, 0.5) is 0 Å². The third kappa shape index (κ3) is 1.99. The minimum absolute atomic E-state index is 0.198. The van der Waals surface area contributed by atoms with Crippen LogP contribution >= 0.6 is 0 Å². The summed E-state index contributed by atoms with van der Waals surface area (Å²) >= 11 is 0. The fourth-order valence-electron chi connectivity index (χ4n) is 1.39. The van der Waals surface area contributed by atoms with Gasteiger partial charge in [0, 0.05) is 12.5 Å². The van der Waals surface area contributed by atoms with Gasteiger partial charge in [-0.2, -0.15) is 10.1 Å². The second-order valence-electron chi connectivity index (χ2n) is 3.28. The Balaban J connectivity index is 2.42. The van der Waals surface area contributed by atoms with Crippen LogP contribution in [0.15, 0.2) is 35.3 Å². The third-order valence-corrected chi connectivity index (χ3v) is 2.06. The van der Waals surface area contributed by atoms with Crippen molar-refractivity contribution in [1.82, 2.24) is 5.06 Å². The number of hydroxylamine groups is 2. The Morgan fingerprint density at radius 3 is 2.69 bits per heavy atom. The Labute approximate surface area is 92.3 Å². The number of aliphatic imine (C=N–C) groups is 1. The van der Waals surface area contributed by atoms with E-state index in [1.807, 2.05) is 6.07 Å². The summed E-state index contributed by atoms with van der Waals surface area (Å²) in [7, 11) is 0. The first-order valence-electron chi connectivity index (χ1n) is 4.79. The molecule has 82 valence electrons. The molecule has 0 saturated heterocycles. The molecule has 1 aromatic rings. The number of rotatable bonds is 1. The van der Waals surface area contributed by atoms with Crippen molar-refractivity contribution >= 4 is 17.6 Å². The van der Waals surface area contributed by atoms with E-state index in [0.717, 1.165) is 5.06 Å². The highest BCUT2D eigenvalue weighted by Crippen LogP contribution is 2.11. The smallest absolute Gasteiger partial charge is 0.272 e. The van der Waals surface area contributed by atoms with Crippen LogP contribution in [-0.2, 0) is 14.4 Å². The molecule has 0 spiro atoms. The Morgan fingerprint density at radius 1 is 1.38 bits per heavy atom. The number of amidine groups is 1. The highest BCUT2D eigenvalue weighted by molar-refractivity contribution is 6.11. The van der Waals surface area contributed by atoms with E-state index in [0.29, 0.717) is 5.56 Å². The van der Waals surface area contributed by atoms with Crippen molar-refractivity contribution in [1.29, 1.82) is 0 Å². The van der Waals surface area contributed by atoms with Gasteiger partial charge in [-0.3, -0.25) is 14.4 Å². The lowest BCUT2D eigenvalue weighted by Crippen LogP contribution is -2.41. The summed E-state index contributed by atoms with van der Waals surface area (Å²) in [5.41, 5.74) is 0.672. The molecule has 1 heterocycles. The van der Waals surface area contributed by atoms with E-state index < -0.39 is 5.91 Å². The van der Waals surface area contributed by atoms with E-state index in [9.17, 15) is 9.59 Å². The number of amides is 2. The molecule has 16 heavy (non-hydrogen) atoms.